The molecule has 1 heterocycles. The third-order valence-electron chi connectivity index (χ3n) is 4.05. The maximum atomic E-state index is 12.4. The van der Waals surface area contributed by atoms with E-state index >= 15 is 0 Å². The summed E-state index contributed by atoms with van der Waals surface area (Å²) in [5, 5.41) is 6.31. The lowest BCUT2D eigenvalue weighted by atomic mass is 9.88. The predicted molar refractivity (Wildman–Crippen MR) is 91.2 cm³/mol. The summed E-state index contributed by atoms with van der Waals surface area (Å²) in [4.78, 5) is 14.6. The molecule has 0 bridgehead atoms. The molecular weight excluding hydrogens is 292 g/mol. The van der Waals surface area contributed by atoms with Crippen molar-refractivity contribution in [2.45, 2.75) is 16.7 Å². The molecule has 0 aliphatic carbocycles. The first kappa shape index (κ1) is 15.1. The number of hydrogen-bond acceptors (Lipinski definition) is 3. The number of benzene rings is 2. The molecule has 22 heavy (non-hydrogen) atoms. The van der Waals surface area contributed by atoms with Gasteiger partial charge in [-0.2, -0.15) is 0 Å². The zero-order valence-electron chi connectivity index (χ0n) is 12.6. The second kappa shape index (κ2) is 6.99. The number of anilines is 1. The van der Waals surface area contributed by atoms with Gasteiger partial charge in [0.25, 0.3) is 0 Å². The maximum Gasteiger partial charge on any atom is 0.227 e. The molecule has 1 fully saturated rings. The SMILES string of the molecule is CC(C(=O)Nc1ccccc1Sc1ccccc1)C1CNC1. The first-order valence-corrected chi connectivity index (χ1v) is 8.39. The van der Waals surface area contributed by atoms with Crippen molar-refractivity contribution < 1.29 is 4.79 Å². The van der Waals surface area contributed by atoms with Crippen LogP contribution in [0.2, 0.25) is 0 Å². The van der Waals surface area contributed by atoms with E-state index in [1.807, 2.05) is 49.4 Å². The lowest BCUT2D eigenvalue weighted by Crippen LogP contribution is -2.48. The van der Waals surface area contributed by atoms with Crippen LogP contribution in [0.1, 0.15) is 6.92 Å². The van der Waals surface area contributed by atoms with Gasteiger partial charge < -0.3 is 10.6 Å². The zero-order chi connectivity index (χ0) is 15.4. The van der Waals surface area contributed by atoms with Crippen LogP contribution in [0.3, 0.4) is 0 Å². The van der Waals surface area contributed by atoms with E-state index in [9.17, 15) is 4.79 Å². The molecule has 0 saturated carbocycles. The Bertz CT molecular complexity index is 641. The molecule has 2 N–H and O–H groups in total. The largest absolute Gasteiger partial charge is 0.325 e. The Hall–Kier alpha value is -1.78. The van der Waals surface area contributed by atoms with Gasteiger partial charge in [0.15, 0.2) is 0 Å². The van der Waals surface area contributed by atoms with Gasteiger partial charge in [0, 0.05) is 15.7 Å². The highest BCUT2D eigenvalue weighted by molar-refractivity contribution is 7.99. The molecule has 2 aromatic rings. The van der Waals surface area contributed by atoms with E-state index in [4.69, 9.17) is 0 Å². The molecule has 0 aromatic heterocycles. The van der Waals surface area contributed by atoms with Gasteiger partial charge in [0.05, 0.1) is 5.69 Å². The van der Waals surface area contributed by atoms with E-state index in [1.165, 1.54) is 4.90 Å². The van der Waals surface area contributed by atoms with E-state index < -0.39 is 0 Å². The lowest BCUT2D eigenvalue weighted by Gasteiger charge is -2.31. The van der Waals surface area contributed by atoms with E-state index in [0.29, 0.717) is 5.92 Å². The molecule has 0 spiro atoms. The van der Waals surface area contributed by atoms with Crippen molar-refractivity contribution in [3.63, 3.8) is 0 Å². The fourth-order valence-electron chi connectivity index (χ4n) is 2.40. The van der Waals surface area contributed by atoms with E-state index in [2.05, 4.69) is 22.8 Å². The molecular formula is C18H20N2OS. The molecule has 3 nitrogen and oxygen atoms in total. The van der Waals surface area contributed by atoms with Crippen LogP contribution in [-0.2, 0) is 4.79 Å². The van der Waals surface area contributed by atoms with Crippen molar-refractivity contribution in [1.29, 1.82) is 0 Å². The summed E-state index contributed by atoms with van der Waals surface area (Å²) < 4.78 is 0. The molecule has 3 rings (SSSR count). The van der Waals surface area contributed by atoms with Gasteiger partial charge >= 0.3 is 0 Å². The minimum Gasteiger partial charge on any atom is -0.325 e. The first-order chi connectivity index (χ1) is 10.7. The van der Waals surface area contributed by atoms with Crippen LogP contribution in [0, 0.1) is 11.8 Å². The number of rotatable bonds is 5. The van der Waals surface area contributed by atoms with Crippen LogP contribution in [0.25, 0.3) is 0 Å². The number of carbonyl (C=O) groups excluding carboxylic acids is 1. The normalized spacial score (nSPS) is 15.9. The Morgan fingerprint density at radius 3 is 2.50 bits per heavy atom. The summed E-state index contributed by atoms with van der Waals surface area (Å²) in [7, 11) is 0. The molecule has 0 radical (unpaired) electrons. The second-order valence-electron chi connectivity index (χ2n) is 5.61. The van der Waals surface area contributed by atoms with Crippen molar-refractivity contribution >= 4 is 23.4 Å². The van der Waals surface area contributed by atoms with Crippen molar-refractivity contribution in [3.05, 3.63) is 54.6 Å². The van der Waals surface area contributed by atoms with Crippen LogP contribution in [0.15, 0.2) is 64.4 Å². The van der Waals surface area contributed by atoms with Crippen LogP contribution in [0.4, 0.5) is 5.69 Å². The minimum absolute atomic E-state index is 0.0380. The first-order valence-electron chi connectivity index (χ1n) is 7.57. The van der Waals surface area contributed by atoms with Crippen molar-refractivity contribution in [2.24, 2.45) is 11.8 Å². The molecule has 114 valence electrons. The molecule has 4 heteroatoms. The second-order valence-corrected chi connectivity index (χ2v) is 6.72. The van der Waals surface area contributed by atoms with Gasteiger partial charge in [-0.1, -0.05) is 49.0 Å². The number of hydrogen-bond donors (Lipinski definition) is 2. The summed E-state index contributed by atoms with van der Waals surface area (Å²) in [6, 6.07) is 18.2. The molecule has 1 unspecified atom stereocenters. The van der Waals surface area contributed by atoms with Gasteiger partial charge in [0.2, 0.25) is 5.91 Å². The van der Waals surface area contributed by atoms with E-state index in [1.54, 1.807) is 11.8 Å². The monoisotopic (exact) mass is 312 g/mol. The van der Waals surface area contributed by atoms with Crippen LogP contribution >= 0.6 is 11.8 Å². The lowest BCUT2D eigenvalue weighted by molar-refractivity contribution is -0.121. The molecule has 1 amide bonds. The van der Waals surface area contributed by atoms with Crippen LogP contribution in [0.5, 0.6) is 0 Å². The molecule has 1 aliphatic rings. The maximum absolute atomic E-state index is 12.4. The van der Waals surface area contributed by atoms with Crippen molar-refractivity contribution in [2.75, 3.05) is 18.4 Å². The fraction of sp³-hybridized carbons (Fsp3) is 0.278. The number of carbonyl (C=O) groups is 1. The molecule has 1 saturated heterocycles. The predicted octanol–water partition coefficient (Wildman–Crippen LogP) is 3.63. The Morgan fingerprint density at radius 1 is 1.14 bits per heavy atom. The summed E-state index contributed by atoms with van der Waals surface area (Å²) in [6.07, 6.45) is 0. The molecule has 1 atom stereocenters. The summed E-state index contributed by atoms with van der Waals surface area (Å²) in [5.41, 5.74) is 0.889. The number of nitrogens with one attached hydrogen (secondary N) is 2. The summed E-state index contributed by atoms with van der Waals surface area (Å²) in [6.45, 7) is 3.89. The molecule has 2 aromatic carbocycles. The van der Waals surface area contributed by atoms with E-state index in [0.717, 1.165) is 23.7 Å². The zero-order valence-corrected chi connectivity index (χ0v) is 13.4. The smallest absolute Gasteiger partial charge is 0.227 e. The Labute approximate surface area is 135 Å². The average molecular weight is 312 g/mol. The van der Waals surface area contributed by atoms with Crippen molar-refractivity contribution in [3.8, 4) is 0 Å². The molecule has 1 aliphatic heterocycles. The summed E-state index contributed by atoms with van der Waals surface area (Å²) >= 11 is 1.67. The minimum atomic E-state index is 0.0380. The van der Waals surface area contributed by atoms with Crippen LogP contribution in [-0.4, -0.2) is 19.0 Å². The third-order valence-corrected chi connectivity index (χ3v) is 5.13. The highest BCUT2D eigenvalue weighted by Crippen LogP contribution is 2.33. The quantitative estimate of drug-likeness (QED) is 0.886. The Balaban J connectivity index is 1.72. The topological polar surface area (TPSA) is 41.1 Å². The summed E-state index contributed by atoms with van der Waals surface area (Å²) in [5.74, 6) is 0.595. The van der Waals surface area contributed by atoms with Gasteiger partial charge in [0.1, 0.15) is 0 Å². The third kappa shape index (κ3) is 3.51. The van der Waals surface area contributed by atoms with Gasteiger partial charge in [-0.25, -0.2) is 0 Å². The standard InChI is InChI=1S/C18H20N2OS/c1-13(14-11-19-12-14)18(21)20-16-9-5-6-10-17(16)22-15-7-3-2-4-8-15/h2-10,13-14,19H,11-12H2,1H3,(H,20,21). The number of para-hydroxylation sites is 1. The Kier molecular flexibility index (Phi) is 4.80. The highest BCUT2D eigenvalue weighted by atomic mass is 32.2. The van der Waals surface area contributed by atoms with Gasteiger partial charge in [-0.15, -0.1) is 0 Å². The van der Waals surface area contributed by atoms with E-state index in [-0.39, 0.29) is 11.8 Å². The Morgan fingerprint density at radius 2 is 1.82 bits per heavy atom. The fourth-order valence-corrected chi connectivity index (χ4v) is 3.32. The average Bonchev–Trinajstić information content (AvgIpc) is 2.48. The van der Waals surface area contributed by atoms with Crippen molar-refractivity contribution in [1.82, 2.24) is 5.32 Å². The number of amides is 1. The van der Waals surface area contributed by atoms with Gasteiger partial charge in [-0.3, -0.25) is 4.79 Å². The highest BCUT2D eigenvalue weighted by Gasteiger charge is 2.28. The van der Waals surface area contributed by atoms with Gasteiger partial charge in [-0.05, 0) is 43.3 Å². The van der Waals surface area contributed by atoms with Crippen LogP contribution < -0.4 is 10.6 Å².